The highest BCUT2D eigenvalue weighted by Crippen LogP contribution is 2.07. The van der Waals surface area contributed by atoms with E-state index in [0.29, 0.717) is 12.1 Å². The first-order chi connectivity index (χ1) is 9.75. The smallest absolute Gasteiger partial charge is 0.244 e. The van der Waals surface area contributed by atoms with E-state index >= 15 is 0 Å². The molecule has 2 rings (SSSR count). The topological polar surface area (TPSA) is 46.9 Å². The molecule has 5 heteroatoms. The van der Waals surface area contributed by atoms with Gasteiger partial charge >= 0.3 is 0 Å². The molecule has 4 nitrogen and oxygen atoms in total. The maximum atomic E-state index is 13.3. The Morgan fingerprint density at radius 3 is 3.00 bits per heavy atom. The van der Waals surface area contributed by atoms with Crippen molar-refractivity contribution < 1.29 is 9.18 Å². The highest BCUT2D eigenvalue weighted by molar-refractivity contribution is 5.91. The van der Waals surface area contributed by atoms with E-state index in [4.69, 9.17) is 0 Å². The summed E-state index contributed by atoms with van der Waals surface area (Å²) in [6, 6.07) is 6.33. The Morgan fingerprint density at radius 1 is 1.40 bits per heavy atom. The quantitative estimate of drug-likeness (QED) is 0.648. The average Bonchev–Trinajstić information content (AvgIpc) is 2.96. The number of carbonyl (C=O) groups is 1. The summed E-state index contributed by atoms with van der Waals surface area (Å²) in [5.74, 6) is -0.560. The first kappa shape index (κ1) is 14.0. The van der Waals surface area contributed by atoms with Crippen molar-refractivity contribution >= 4 is 12.0 Å². The van der Waals surface area contributed by atoms with Gasteiger partial charge in [0.1, 0.15) is 5.82 Å². The van der Waals surface area contributed by atoms with E-state index in [9.17, 15) is 9.18 Å². The summed E-state index contributed by atoms with van der Waals surface area (Å²) in [7, 11) is 0. The second-order valence-corrected chi connectivity index (χ2v) is 4.30. The molecule has 0 fully saturated rings. The highest BCUT2D eigenvalue weighted by atomic mass is 19.1. The Balaban J connectivity index is 1.71. The van der Waals surface area contributed by atoms with Crippen LogP contribution in [0.5, 0.6) is 0 Å². The number of hydrogen-bond donors (Lipinski definition) is 1. The molecule has 1 aromatic heterocycles. The van der Waals surface area contributed by atoms with Crippen LogP contribution in [0.3, 0.4) is 0 Å². The summed E-state index contributed by atoms with van der Waals surface area (Å²) in [4.78, 5) is 15.5. The van der Waals surface area contributed by atoms with Gasteiger partial charge in [-0.1, -0.05) is 18.2 Å². The Kier molecular flexibility index (Phi) is 5.06. The van der Waals surface area contributed by atoms with Crippen LogP contribution in [0.2, 0.25) is 0 Å². The molecule has 0 radical (unpaired) electrons. The van der Waals surface area contributed by atoms with Crippen LogP contribution in [-0.4, -0.2) is 22.0 Å². The van der Waals surface area contributed by atoms with Crippen LogP contribution < -0.4 is 5.32 Å². The molecule has 0 saturated heterocycles. The fraction of sp³-hybridized carbons (Fsp3) is 0.200. The van der Waals surface area contributed by atoms with Crippen LogP contribution in [0.15, 0.2) is 49.1 Å². The lowest BCUT2D eigenvalue weighted by Crippen LogP contribution is -2.23. The van der Waals surface area contributed by atoms with Gasteiger partial charge in [-0.15, -0.1) is 0 Å². The lowest BCUT2D eigenvalue weighted by Gasteiger charge is -2.03. The second kappa shape index (κ2) is 7.23. The van der Waals surface area contributed by atoms with Crippen LogP contribution in [0.1, 0.15) is 12.0 Å². The maximum Gasteiger partial charge on any atom is 0.244 e. The SMILES string of the molecule is O=C(C=Cc1ccccc1F)NCCCn1ccnc1. The zero-order chi connectivity index (χ0) is 14.2. The molecule has 0 bridgehead atoms. The standard InChI is InChI=1S/C15H16FN3O/c16-14-5-2-1-4-13(14)6-7-15(20)18-8-3-10-19-11-9-17-12-19/h1-2,4-7,9,11-12H,3,8,10H2,(H,18,20). The van der Waals surface area contributed by atoms with Crippen LogP contribution >= 0.6 is 0 Å². The third-order valence-electron chi connectivity index (χ3n) is 2.77. The molecule has 0 unspecified atom stereocenters. The van der Waals surface area contributed by atoms with Gasteiger partial charge in [-0.3, -0.25) is 4.79 Å². The lowest BCUT2D eigenvalue weighted by atomic mass is 10.2. The van der Waals surface area contributed by atoms with Gasteiger partial charge < -0.3 is 9.88 Å². The number of hydrogen-bond acceptors (Lipinski definition) is 2. The average molecular weight is 273 g/mol. The van der Waals surface area contributed by atoms with Crippen molar-refractivity contribution in [2.45, 2.75) is 13.0 Å². The van der Waals surface area contributed by atoms with Crippen molar-refractivity contribution in [1.82, 2.24) is 14.9 Å². The number of nitrogens with zero attached hydrogens (tertiary/aromatic N) is 2. The van der Waals surface area contributed by atoms with Gasteiger partial charge in [-0.2, -0.15) is 0 Å². The number of nitrogens with one attached hydrogen (secondary N) is 1. The van der Waals surface area contributed by atoms with E-state index in [2.05, 4.69) is 10.3 Å². The Morgan fingerprint density at radius 2 is 2.25 bits per heavy atom. The van der Waals surface area contributed by atoms with Gasteiger partial charge in [-0.05, 0) is 18.6 Å². The molecule has 1 amide bonds. The fourth-order valence-corrected chi connectivity index (χ4v) is 1.73. The first-order valence-corrected chi connectivity index (χ1v) is 6.42. The fourth-order valence-electron chi connectivity index (χ4n) is 1.73. The highest BCUT2D eigenvalue weighted by Gasteiger charge is 1.98. The molecular formula is C15H16FN3O. The van der Waals surface area contributed by atoms with Crippen molar-refractivity contribution in [3.8, 4) is 0 Å². The van der Waals surface area contributed by atoms with Crippen LogP contribution in [-0.2, 0) is 11.3 Å². The third-order valence-corrected chi connectivity index (χ3v) is 2.77. The number of rotatable bonds is 6. The molecule has 1 aromatic carbocycles. The van der Waals surface area contributed by atoms with Crippen LogP contribution in [0, 0.1) is 5.82 Å². The van der Waals surface area contributed by atoms with Crippen LogP contribution in [0.4, 0.5) is 4.39 Å². The largest absolute Gasteiger partial charge is 0.352 e. The predicted octanol–water partition coefficient (Wildman–Crippen LogP) is 2.24. The van der Waals surface area contributed by atoms with Gasteiger partial charge in [0.25, 0.3) is 0 Å². The second-order valence-electron chi connectivity index (χ2n) is 4.30. The molecule has 0 saturated carbocycles. The van der Waals surface area contributed by atoms with Gasteiger partial charge in [0.2, 0.25) is 5.91 Å². The van der Waals surface area contributed by atoms with Gasteiger partial charge in [-0.25, -0.2) is 9.37 Å². The van der Waals surface area contributed by atoms with E-state index in [0.717, 1.165) is 13.0 Å². The molecule has 0 aliphatic heterocycles. The third kappa shape index (κ3) is 4.35. The molecule has 0 spiro atoms. The Bertz CT molecular complexity index is 579. The predicted molar refractivity (Wildman–Crippen MR) is 75.3 cm³/mol. The summed E-state index contributed by atoms with van der Waals surface area (Å²) in [6.45, 7) is 1.37. The van der Waals surface area contributed by atoms with Gasteiger partial charge in [0.15, 0.2) is 0 Å². The molecule has 2 aromatic rings. The van der Waals surface area contributed by atoms with Crippen LogP contribution in [0.25, 0.3) is 6.08 Å². The van der Waals surface area contributed by atoms with Crippen molar-refractivity contribution in [3.63, 3.8) is 0 Å². The number of benzene rings is 1. The summed E-state index contributed by atoms with van der Waals surface area (Å²) < 4.78 is 15.3. The molecular weight excluding hydrogens is 257 g/mol. The van der Waals surface area contributed by atoms with Crippen molar-refractivity contribution in [2.24, 2.45) is 0 Å². The molecule has 0 aliphatic rings. The molecule has 0 aliphatic carbocycles. The number of amides is 1. The number of halogens is 1. The number of imidazole rings is 1. The monoisotopic (exact) mass is 273 g/mol. The minimum Gasteiger partial charge on any atom is -0.352 e. The Hall–Kier alpha value is -2.43. The normalized spacial score (nSPS) is 10.8. The molecule has 104 valence electrons. The number of aryl methyl sites for hydroxylation is 1. The first-order valence-electron chi connectivity index (χ1n) is 6.42. The van der Waals surface area contributed by atoms with E-state index in [-0.39, 0.29) is 11.7 Å². The van der Waals surface area contributed by atoms with Crippen molar-refractivity contribution in [1.29, 1.82) is 0 Å². The van der Waals surface area contributed by atoms with Gasteiger partial charge in [0, 0.05) is 37.1 Å². The summed E-state index contributed by atoms with van der Waals surface area (Å²) in [6.07, 6.45) is 8.96. The molecule has 1 N–H and O–H groups in total. The lowest BCUT2D eigenvalue weighted by molar-refractivity contribution is -0.116. The molecule has 0 atom stereocenters. The zero-order valence-electron chi connectivity index (χ0n) is 11.0. The molecule has 1 heterocycles. The maximum absolute atomic E-state index is 13.3. The van der Waals surface area contributed by atoms with Crippen molar-refractivity contribution in [2.75, 3.05) is 6.54 Å². The van der Waals surface area contributed by atoms with Crippen molar-refractivity contribution in [3.05, 3.63) is 60.4 Å². The number of aromatic nitrogens is 2. The van der Waals surface area contributed by atoms with E-state index in [1.54, 1.807) is 30.7 Å². The minimum atomic E-state index is -0.336. The number of carbonyl (C=O) groups excluding carboxylic acids is 1. The van der Waals surface area contributed by atoms with E-state index in [1.165, 1.54) is 18.2 Å². The summed E-state index contributed by atoms with van der Waals surface area (Å²) >= 11 is 0. The Labute approximate surface area is 117 Å². The minimum absolute atomic E-state index is 0.223. The summed E-state index contributed by atoms with van der Waals surface area (Å²) in [5.41, 5.74) is 0.404. The summed E-state index contributed by atoms with van der Waals surface area (Å²) in [5, 5.41) is 2.75. The zero-order valence-corrected chi connectivity index (χ0v) is 11.0. The molecule has 20 heavy (non-hydrogen) atoms. The van der Waals surface area contributed by atoms with Gasteiger partial charge in [0.05, 0.1) is 6.33 Å². The van der Waals surface area contributed by atoms with E-state index < -0.39 is 0 Å². The van der Waals surface area contributed by atoms with E-state index in [1.807, 2.05) is 10.8 Å².